The van der Waals surface area contributed by atoms with Crippen LogP contribution in [0.5, 0.6) is 0 Å². The second-order valence-corrected chi connectivity index (χ2v) is 7.00. The lowest BCUT2D eigenvalue weighted by molar-refractivity contribution is -0.139. The number of alkyl carbamates (subject to hydrolysis) is 1. The van der Waals surface area contributed by atoms with Gasteiger partial charge in [0.15, 0.2) is 0 Å². The summed E-state index contributed by atoms with van der Waals surface area (Å²) in [6.45, 7) is 0.747. The van der Waals surface area contributed by atoms with Gasteiger partial charge in [0.25, 0.3) is 0 Å². The minimum atomic E-state index is -1.05. The fraction of sp³-hybridized carbons (Fsp3) is 0.364. The van der Waals surface area contributed by atoms with E-state index in [1.165, 1.54) is 0 Å². The number of ether oxygens (including phenoxy) is 1. The van der Waals surface area contributed by atoms with E-state index in [4.69, 9.17) is 10.5 Å². The molecule has 4 N–H and O–H groups in total. The van der Waals surface area contributed by atoms with E-state index in [-0.39, 0.29) is 12.5 Å². The van der Waals surface area contributed by atoms with Crippen molar-refractivity contribution in [3.05, 3.63) is 59.7 Å². The number of carboxylic acid groups (broad SMARTS) is 1. The number of fused-ring (bicyclic) bond motifs is 3. The standard InChI is InChI=1S/C22H26N2O4/c23-13-7-1-2-12-20(21(25)26)24-22(27)28-14-19-17-10-5-3-8-15(17)16-9-4-6-11-18(16)19/h3-6,8-11,19-20H,1-2,7,12-14,23H2,(H,24,27)(H,25,26). The predicted octanol–water partition coefficient (Wildman–Crippen LogP) is 3.50. The van der Waals surface area contributed by atoms with Gasteiger partial charge in [-0.05, 0) is 41.6 Å². The predicted molar refractivity (Wildman–Crippen MR) is 107 cm³/mol. The first-order chi connectivity index (χ1) is 13.6. The normalized spacial score (nSPS) is 13.5. The van der Waals surface area contributed by atoms with Gasteiger partial charge in [-0.1, -0.05) is 61.4 Å². The summed E-state index contributed by atoms with van der Waals surface area (Å²) in [5.41, 5.74) is 9.98. The van der Waals surface area contributed by atoms with Gasteiger partial charge in [-0.15, -0.1) is 0 Å². The molecule has 2 aromatic carbocycles. The Morgan fingerprint density at radius 1 is 1.00 bits per heavy atom. The van der Waals surface area contributed by atoms with E-state index in [9.17, 15) is 14.7 Å². The lowest BCUT2D eigenvalue weighted by Crippen LogP contribution is -2.41. The molecule has 148 valence electrons. The Balaban J connectivity index is 1.60. The Morgan fingerprint density at radius 2 is 1.61 bits per heavy atom. The third-order valence-electron chi connectivity index (χ3n) is 5.13. The van der Waals surface area contributed by atoms with E-state index in [0.717, 1.165) is 35.1 Å². The maximum absolute atomic E-state index is 12.2. The second kappa shape index (κ2) is 9.37. The van der Waals surface area contributed by atoms with Crippen LogP contribution in [0.4, 0.5) is 4.79 Å². The lowest BCUT2D eigenvalue weighted by atomic mass is 9.98. The number of benzene rings is 2. The smallest absolute Gasteiger partial charge is 0.407 e. The highest BCUT2D eigenvalue weighted by Crippen LogP contribution is 2.44. The van der Waals surface area contributed by atoms with Gasteiger partial charge in [0.2, 0.25) is 0 Å². The highest BCUT2D eigenvalue weighted by atomic mass is 16.5. The molecule has 1 atom stereocenters. The van der Waals surface area contributed by atoms with Crippen molar-refractivity contribution in [2.75, 3.05) is 13.2 Å². The van der Waals surface area contributed by atoms with E-state index in [0.29, 0.717) is 19.4 Å². The maximum atomic E-state index is 12.2. The average Bonchev–Trinajstić information content (AvgIpc) is 3.02. The minimum absolute atomic E-state index is 0.0500. The number of carboxylic acids is 1. The summed E-state index contributed by atoms with van der Waals surface area (Å²) in [4.78, 5) is 23.6. The third-order valence-corrected chi connectivity index (χ3v) is 5.13. The van der Waals surface area contributed by atoms with Gasteiger partial charge in [0, 0.05) is 5.92 Å². The van der Waals surface area contributed by atoms with E-state index < -0.39 is 18.1 Å². The molecule has 1 unspecified atom stereocenters. The third kappa shape index (κ3) is 4.51. The van der Waals surface area contributed by atoms with Gasteiger partial charge in [-0.3, -0.25) is 0 Å². The van der Waals surface area contributed by atoms with E-state index in [1.807, 2.05) is 36.4 Å². The number of carbonyl (C=O) groups is 2. The van der Waals surface area contributed by atoms with Gasteiger partial charge in [-0.2, -0.15) is 0 Å². The summed E-state index contributed by atoms with van der Waals surface area (Å²) in [5.74, 6) is -1.10. The lowest BCUT2D eigenvalue weighted by Gasteiger charge is -2.17. The van der Waals surface area contributed by atoms with Crippen LogP contribution in [0.3, 0.4) is 0 Å². The van der Waals surface area contributed by atoms with Gasteiger partial charge >= 0.3 is 12.1 Å². The molecule has 0 aliphatic heterocycles. The molecular weight excluding hydrogens is 356 g/mol. The zero-order valence-electron chi connectivity index (χ0n) is 15.8. The fourth-order valence-electron chi connectivity index (χ4n) is 3.71. The van der Waals surface area contributed by atoms with Crippen molar-refractivity contribution in [3.63, 3.8) is 0 Å². The molecule has 0 radical (unpaired) electrons. The summed E-state index contributed by atoms with van der Waals surface area (Å²) in [6.07, 6.45) is 2.04. The zero-order chi connectivity index (χ0) is 19.9. The maximum Gasteiger partial charge on any atom is 0.407 e. The molecule has 6 nitrogen and oxygen atoms in total. The van der Waals surface area contributed by atoms with Gasteiger partial charge in [0.1, 0.15) is 12.6 Å². The number of hydrogen-bond donors (Lipinski definition) is 3. The number of aliphatic carboxylic acids is 1. The summed E-state index contributed by atoms with van der Waals surface area (Å²) in [7, 11) is 0. The molecule has 0 saturated carbocycles. The van der Waals surface area contributed by atoms with Crippen molar-refractivity contribution < 1.29 is 19.4 Å². The van der Waals surface area contributed by atoms with Crippen LogP contribution in [0, 0.1) is 0 Å². The molecule has 0 saturated heterocycles. The monoisotopic (exact) mass is 382 g/mol. The number of carbonyl (C=O) groups excluding carboxylic acids is 1. The first kappa shape index (κ1) is 19.9. The average molecular weight is 382 g/mol. The number of amides is 1. The molecule has 0 fully saturated rings. The van der Waals surface area contributed by atoms with Crippen molar-refractivity contribution in [1.82, 2.24) is 5.32 Å². The number of nitrogens with one attached hydrogen (secondary N) is 1. The molecule has 1 amide bonds. The highest BCUT2D eigenvalue weighted by Gasteiger charge is 2.29. The Bertz CT molecular complexity index is 791. The van der Waals surface area contributed by atoms with Gasteiger partial charge < -0.3 is 20.9 Å². The molecule has 0 bridgehead atoms. The number of unbranched alkanes of at least 4 members (excludes halogenated alkanes) is 2. The Morgan fingerprint density at radius 3 is 2.18 bits per heavy atom. The van der Waals surface area contributed by atoms with Crippen molar-refractivity contribution in [3.8, 4) is 11.1 Å². The van der Waals surface area contributed by atoms with Gasteiger partial charge in [0.05, 0.1) is 0 Å². The quantitative estimate of drug-likeness (QED) is 0.576. The summed E-state index contributed by atoms with van der Waals surface area (Å²) in [5, 5.41) is 11.8. The van der Waals surface area contributed by atoms with Crippen molar-refractivity contribution in [2.45, 2.75) is 37.6 Å². The van der Waals surface area contributed by atoms with Crippen LogP contribution in [-0.4, -0.2) is 36.4 Å². The molecule has 0 spiro atoms. The van der Waals surface area contributed by atoms with Crippen molar-refractivity contribution in [2.24, 2.45) is 5.73 Å². The van der Waals surface area contributed by atoms with Crippen LogP contribution in [0.1, 0.15) is 42.7 Å². The van der Waals surface area contributed by atoms with Crippen molar-refractivity contribution in [1.29, 1.82) is 0 Å². The first-order valence-electron chi connectivity index (χ1n) is 9.66. The van der Waals surface area contributed by atoms with Crippen LogP contribution in [0.15, 0.2) is 48.5 Å². The molecule has 2 aromatic rings. The van der Waals surface area contributed by atoms with Crippen molar-refractivity contribution >= 4 is 12.1 Å². The van der Waals surface area contributed by atoms with E-state index in [2.05, 4.69) is 17.4 Å². The largest absolute Gasteiger partial charge is 0.480 e. The molecule has 0 aromatic heterocycles. The molecular formula is C22H26N2O4. The first-order valence-corrected chi connectivity index (χ1v) is 9.66. The van der Waals surface area contributed by atoms with Gasteiger partial charge in [-0.25, -0.2) is 9.59 Å². The SMILES string of the molecule is NCCCCCC(NC(=O)OCC1c2ccccc2-c2ccccc21)C(=O)O. The number of hydrogen-bond acceptors (Lipinski definition) is 4. The highest BCUT2D eigenvalue weighted by molar-refractivity contribution is 5.81. The van der Waals surface area contributed by atoms with Crippen LogP contribution in [0.2, 0.25) is 0 Å². The molecule has 1 aliphatic carbocycles. The van der Waals surface area contributed by atoms with Crippen LogP contribution in [0.25, 0.3) is 11.1 Å². The molecule has 3 rings (SSSR count). The van der Waals surface area contributed by atoms with Crippen LogP contribution >= 0.6 is 0 Å². The molecule has 1 aliphatic rings. The summed E-state index contributed by atoms with van der Waals surface area (Å²) in [6, 6.07) is 15.2. The topological polar surface area (TPSA) is 102 Å². The minimum Gasteiger partial charge on any atom is -0.480 e. The number of rotatable bonds is 9. The Kier molecular flexibility index (Phi) is 6.66. The van der Waals surface area contributed by atoms with Crippen LogP contribution in [-0.2, 0) is 9.53 Å². The summed E-state index contributed by atoms with van der Waals surface area (Å²) >= 11 is 0. The molecule has 28 heavy (non-hydrogen) atoms. The Labute approximate surface area is 164 Å². The Hall–Kier alpha value is -2.86. The molecule has 6 heteroatoms. The zero-order valence-corrected chi connectivity index (χ0v) is 15.8. The summed E-state index contributed by atoms with van der Waals surface area (Å²) < 4.78 is 5.41. The number of nitrogens with two attached hydrogens (primary N) is 1. The van der Waals surface area contributed by atoms with E-state index >= 15 is 0 Å². The second-order valence-electron chi connectivity index (χ2n) is 7.00. The molecule has 0 heterocycles. The van der Waals surface area contributed by atoms with E-state index in [1.54, 1.807) is 0 Å². The fourth-order valence-corrected chi connectivity index (χ4v) is 3.71. The van der Waals surface area contributed by atoms with Crippen LogP contribution < -0.4 is 11.1 Å².